The number of nitrogens with one attached hydrogen (secondary N) is 2. The molecule has 0 atom stereocenters. The van der Waals surface area contributed by atoms with Gasteiger partial charge in [-0.05, 0) is 12.8 Å². The monoisotopic (exact) mass is 494 g/mol. The molecule has 2 heterocycles. The molecule has 0 saturated heterocycles. The van der Waals surface area contributed by atoms with Crippen LogP contribution in [0.3, 0.4) is 0 Å². The number of halogens is 1. The predicted octanol–water partition coefficient (Wildman–Crippen LogP) is 3.66. The fraction of sp³-hybridized carbons (Fsp3) is 0.562. The fourth-order valence-electron chi connectivity index (χ4n) is 1.91. The van der Waals surface area contributed by atoms with Crippen LogP contribution in [0.2, 0.25) is 0 Å². The van der Waals surface area contributed by atoms with Gasteiger partial charge in [0.15, 0.2) is 11.1 Å². The van der Waals surface area contributed by atoms with Gasteiger partial charge in [-0.3, -0.25) is 0 Å². The van der Waals surface area contributed by atoms with E-state index in [1.807, 2.05) is 19.0 Å². The van der Waals surface area contributed by atoms with E-state index in [0.29, 0.717) is 19.0 Å². The van der Waals surface area contributed by atoms with E-state index < -0.39 is 0 Å². The molecule has 9 heteroatoms. The Labute approximate surface area is 175 Å². The zero-order valence-corrected chi connectivity index (χ0v) is 19.3. The summed E-state index contributed by atoms with van der Waals surface area (Å²) in [5.74, 6) is 1.26. The van der Waals surface area contributed by atoms with Gasteiger partial charge in [-0.25, -0.2) is 15.0 Å². The summed E-state index contributed by atoms with van der Waals surface area (Å²) < 4.78 is 0. The van der Waals surface area contributed by atoms with Gasteiger partial charge >= 0.3 is 0 Å². The molecule has 0 aliphatic rings. The molecule has 0 unspecified atom stereocenters. The molecule has 2 rings (SSSR count). The van der Waals surface area contributed by atoms with E-state index in [4.69, 9.17) is 0 Å². The summed E-state index contributed by atoms with van der Waals surface area (Å²) >= 11 is 3.32. The molecule has 6 nitrogen and oxygen atoms in total. The Hall–Kier alpha value is -0.940. The van der Waals surface area contributed by atoms with Crippen LogP contribution >= 0.6 is 46.7 Å². The number of thiazole rings is 2. The first kappa shape index (κ1) is 22.1. The van der Waals surface area contributed by atoms with Crippen molar-refractivity contribution in [3.63, 3.8) is 0 Å². The van der Waals surface area contributed by atoms with Crippen LogP contribution in [0.15, 0.2) is 15.8 Å². The lowest BCUT2D eigenvalue weighted by molar-refractivity contribution is 0.786. The average Bonchev–Trinajstić information content (AvgIpc) is 3.19. The molecule has 25 heavy (non-hydrogen) atoms. The first-order chi connectivity index (χ1) is 11.5. The van der Waals surface area contributed by atoms with Crippen molar-refractivity contribution in [2.45, 2.75) is 39.8 Å². The Balaban J connectivity index is 0.00000312. The summed E-state index contributed by atoms with van der Waals surface area (Å²) in [6.45, 7) is 8.45. The molecule has 0 spiro atoms. The highest BCUT2D eigenvalue weighted by Crippen LogP contribution is 2.19. The van der Waals surface area contributed by atoms with Gasteiger partial charge in [0.2, 0.25) is 0 Å². The minimum atomic E-state index is 0. The fourth-order valence-corrected chi connectivity index (χ4v) is 3.55. The number of rotatable bonds is 7. The summed E-state index contributed by atoms with van der Waals surface area (Å²) in [5.41, 5.74) is 2.13. The predicted molar refractivity (Wildman–Crippen MR) is 120 cm³/mol. The highest BCUT2D eigenvalue weighted by atomic mass is 127. The summed E-state index contributed by atoms with van der Waals surface area (Å²) in [6, 6.07) is 0. The molecular formula is C16H27IN6S2. The standard InChI is InChI=1S/C16H26N6S2.HI/c1-6-17-15(18-7-12-9-24-16(20-12)22(4)5)19-8-14-21-13(10-23-14)11(2)3;/h9-11H,6-8H2,1-5H3,(H2,17,18,19);1H. The van der Waals surface area contributed by atoms with Crippen molar-refractivity contribution >= 4 is 57.7 Å². The van der Waals surface area contributed by atoms with Crippen molar-refractivity contribution < 1.29 is 0 Å². The van der Waals surface area contributed by atoms with Gasteiger partial charge in [0.25, 0.3) is 0 Å². The number of aromatic nitrogens is 2. The summed E-state index contributed by atoms with van der Waals surface area (Å²) in [5, 5.41) is 12.9. The number of guanidine groups is 1. The van der Waals surface area contributed by atoms with Crippen LogP contribution in [-0.4, -0.2) is 36.6 Å². The molecule has 0 aliphatic heterocycles. The smallest absolute Gasteiger partial charge is 0.191 e. The summed E-state index contributed by atoms with van der Waals surface area (Å²) in [7, 11) is 3.99. The lowest BCUT2D eigenvalue weighted by Crippen LogP contribution is -2.36. The maximum absolute atomic E-state index is 4.64. The van der Waals surface area contributed by atoms with Crippen LogP contribution < -0.4 is 15.5 Å². The van der Waals surface area contributed by atoms with Crippen molar-refractivity contribution in [1.82, 2.24) is 20.6 Å². The summed E-state index contributed by atoms with van der Waals surface area (Å²) in [4.78, 5) is 15.8. The third kappa shape index (κ3) is 7.06. The SMILES string of the molecule is CCNC(=NCc1csc(N(C)C)n1)NCc1nc(C(C)C)cs1.I. The number of aliphatic imine (C=N–C) groups is 1. The number of nitrogens with zero attached hydrogens (tertiary/aromatic N) is 4. The van der Waals surface area contributed by atoms with Crippen LogP contribution in [0.25, 0.3) is 0 Å². The van der Waals surface area contributed by atoms with Gasteiger partial charge in [-0.1, -0.05) is 13.8 Å². The Kier molecular flexibility index (Phi) is 9.65. The highest BCUT2D eigenvalue weighted by molar-refractivity contribution is 14.0. The van der Waals surface area contributed by atoms with Gasteiger partial charge in [-0.15, -0.1) is 46.7 Å². The lowest BCUT2D eigenvalue weighted by atomic mass is 10.2. The largest absolute Gasteiger partial charge is 0.357 e. The third-order valence-electron chi connectivity index (χ3n) is 3.23. The average molecular weight is 494 g/mol. The van der Waals surface area contributed by atoms with Crippen LogP contribution in [0.1, 0.15) is 43.1 Å². The zero-order chi connectivity index (χ0) is 17.5. The third-order valence-corrected chi connectivity index (χ3v) is 5.16. The molecule has 2 aromatic heterocycles. The van der Waals surface area contributed by atoms with Crippen molar-refractivity contribution in [3.8, 4) is 0 Å². The molecule has 0 bridgehead atoms. The second-order valence-electron chi connectivity index (χ2n) is 5.89. The Morgan fingerprint density at radius 2 is 1.96 bits per heavy atom. The second kappa shape index (κ2) is 10.9. The molecule has 0 amide bonds. The van der Waals surface area contributed by atoms with Crippen molar-refractivity contribution in [3.05, 3.63) is 27.2 Å². The first-order valence-electron chi connectivity index (χ1n) is 8.07. The van der Waals surface area contributed by atoms with Gasteiger partial charge in [0.1, 0.15) is 5.01 Å². The molecular weight excluding hydrogens is 467 g/mol. The minimum Gasteiger partial charge on any atom is -0.357 e. The van der Waals surface area contributed by atoms with E-state index in [2.05, 4.69) is 57.1 Å². The van der Waals surface area contributed by atoms with Gasteiger partial charge < -0.3 is 15.5 Å². The molecule has 140 valence electrons. The maximum atomic E-state index is 4.64. The maximum Gasteiger partial charge on any atom is 0.191 e. The quantitative estimate of drug-likeness (QED) is 0.350. The van der Waals surface area contributed by atoms with Crippen LogP contribution in [0.5, 0.6) is 0 Å². The molecule has 0 aromatic carbocycles. The number of hydrogen-bond donors (Lipinski definition) is 2. The first-order valence-corrected chi connectivity index (χ1v) is 9.83. The van der Waals surface area contributed by atoms with Gasteiger partial charge in [-0.2, -0.15) is 0 Å². The second-order valence-corrected chi connectivity index (χ2v) is 7.66. The van der Waals surface area contributed by atoms with E-state index in [1.165, 1.54) is 0 Å². The molecule has 2 aromatic rings. The van der Waals surface area contributed by atoms with Crippen molar-refractivity contribution in [1.29, 1.82) is 0 Å². The Morgan fingerprint density at radius 1 is 1.20 bits per heavy atom. The molecule has 0 aliphatic carbocycles. The van der Waals surface area contributed by atoms with Crippen LogP contribution in [-0.2, 0) is 13.1 Å². The van der Waals surface area contributed by atoms with E-state index in [1.54, 1.807) is 22.7 Å². The van der Waals surface area contributed by atoms with E-state index in [9.17, 15) is 0 Å². The molecule has 0 saturated carbocycles. The van der Waals surface area contributed by atoms with Gasteiger partial charge in [0.05, 0.1) is 24.5 Å². The lowest BCUT2D eigenvalue weighted by Gasteiger charge is -2.09. The highest BCUT2D eigenvalue weighted by Gasteiger charge is 2.07. The number of anilines is 1. The van der Waals surface area contributed by atoms with Crippen LogP contribution in [0.4, 0.5) is 5.13 Å². The van der Waals surface area contributed by atoms with E-state index in [-0.39, 0.29) is 24.0 Å². The number of hydrogen-bond acceptors (Lipinski definition) is 6. The topological polar surface area (TPSA) is 65.4 Å². The molecule has 0 radical (unpaired) electrons. The Morgan fingerprint density at radius 3 is 2.52 bits per heavy atom. The van der Waals surface area contributed by atoms with Gasteiger partial charge in [0, 0.05) is 31.4 Å². The van der Waals surface area contributed by atoms with E-state index >= 15 is 0 Å². The summed E-state index contributed by atoms with van der Waals surface area (Å²) in [6.07, 6.45) is 0. The zero-order valence-electron chi connectivity index (χ0n) is 15.4. The van der Waals surface area contributed by atoms with Crippen LogP contribution in [0, 0.1) is 0 Å². The Bertz CT molecular complexity index is 665. The van der Waals surface area contributed by atoms with Crippen molar-refractivity contribution in [2.24, 2.45) is 4.99 Å². The molecule has 0 fully saturated rings. The van der Waals surface area contributed by atoms with E-state index in [0.717, 1.165) is 34.0 Å². The minimum absolute atomic E-state index is 0. The molecule has 2 N–H and O–H groups in total. The van der Waals surface area contributed by atoms with Crippen molar-refractivity contribution in [2.75, 3.05) is 25.5 Å². The normalized spacial score (nSPS) is 11.4.